The molecule has 0 radical (unpaired) electrons. The Labute approximate surface area is 180 Å². The minimum absolute atomic E-state index is 0.176. The van der Waals surface area contributed by atoms with Crippen molar-refractivity contribution in [2.75, 3.05) is 14.2 Å². The number of benzene rings is 3. The van der Waals surface area contributed by atoms with Gasteiger partial charge in [0, 0.05) is 5.56 Å². The summed E-state index contributed by atoms with van der Waals surface area (Å²) in [5.74, 6) is 1.67. The first-order valence-corrected chi connectivity index (χ1v) is 9.99. The predicted molar refractivity (Wildman–Crippen MR) is 121 cm³/mol. The second-order valence-electron chi connectivity index (χ2n) is 7.39. The monoisotopic (exact) mass is 416 g/mol. The van der Waals surface area contributed by atoms with Crippen molar-refractivity contribution in [3.63, 3.8) is 0 Å². The Morgan fingerprint density at radius 1 is 0.871 bits per heavy atom. The zero-order valence-corrected chi connectivity index (χ0v) is 18.0. The van der Waals surface area contributed by atoms with Gasteiger partial charge in [0.2, 0.25) is 11.2 Å². The van der Waals surface area contributed by atoms with E-state index in [-0.39, 0.29) is 17.8 Å². The molecule has 1 heterocycles. The molecular formula is C26H24O5. The van der Waals surface area contributed by atoms with Crippen LogP contribution in [0.4, 0.5) is 0 Å². The van der Waals surface area contributed by atoms with Crippen molar-refractivity contribution in [1.82, 2.24) is 0 Å². The highest BCUT2D eigenvalue weighted by atomic mass is 16.5. The minimum atomic E-state index is -0.195. The van der Waals surface area contributed by atoms with E-state index in [1.54, 1.807) is 26.4 Å². The largest absolute Gasteiger partial charge is 0.493 e. The van der Waals surface area contributed by atoms with Crippen LogP contribution in [0, 0.1) is 13.8 Å². The zero-order valence-electron chi connectivity index (χ0n) is 18.0. The number of hydrogen-bond acceptors (Lipinski definition) is 5. The van der Waals surface area contributed by atoms with Gasteiger partial charge in [0.05, 0.1) is 19.6 Å². The van der Waals surface area contributed by atoms with E-state index in [2.05, 4.69) is 0 Å². The van der Waals surface area contributed by atoms with Gasteiger partial charge in [-0.15, -0.1) is 0 Å². The summed E-state index contributed by atoms with van der Waals surface area (Å²) in [6.07, 6.45) is 0. The average molecular weight is 416 g/mol. The third-order valence-corrected chi connectivity index (χ3v) is 5.17. The van der Waals surface area contributed by atoms with Gasteiger partial charge in [-0.2, -0.15) is 0 Å². The van der Waals surface area contributed by atoms with E-state index >= 15 is 0 Å². The number of fused-ring (bicyclic) bond motifs is 1. The lowest BCUT2D eigenvalue weighted by molar-refractivity contribution is 0.297. The van der Waals surface area contributed by atoms with Crippen LogP contribution >= 0.6 is 0 Å². The first-order valence-electron chi connectivity index (χ1n) is 9.99. The van der Waals surface area contributed by atoms with Crippen molar-refractivity contribution in [2.45, 2.75) is 20.5 Å². The molecule has 0 amide bonds. The highest BCUT2D eigenvalue weighted by molar-refractivity contribution is 5.85. The van der Waals surface area contributed by atoms with Crippen LogP contribution in [-0.2, 0) is 6.61 Å². The molecule has 0 atom stereocenters. The van der Waals surface area contributed by atoms with Gasteiger partial charge in [-0.3, -0.25) is 4.79 Å². The summed E-state index contributed by atoms with van der Waals surface area (Å²) in [4.78, 5) is 13.5. The molecule has 31 heavy (non-hydrogen) atoms. The summed E-state index contributed by atoms with van der Waals surface area (Å²) in [6.45, 7) is 4.13. The molecule has 1 aromatic heterocycles. The van der Waals surface area contributed by atoms with Gasteiger partial charge in [-0.1, -0.05) is 36.4 Å². The zero-order chi connectivity index (χ0) is 22.0. The molecule has 5 heteroatoms. The Kier molecular flexibility index (Phi) is 5.67. The molecule has 0 spiro atoms. The fourth-order valence-electron chi connectivity index (χ4n) is 3.70. The fraction of sp³-hybridized carbons (Fsp3) is 0.192. The van der Waals surface area contributed by atoms with Gasteiger partial charge in [-0.05, 0) is 54.8 Å². The smallest absolute Gasteiger partial charge is 0.235 e. The van der Waals surface area contributed by atoms with E-state index in [1.165, 1.54) is 0 Å². The summed E-state index contributed by atoms with van der Waals surface area (Å²) >= 11 is 0. The van der Waals surface area contributed by atoms with Crippen molar-refractivity contribution >= 4 is 11.0 Å². The maximum Gasteiger partial charge on any atom is 0.235 e. The Bertz CT molecular complexity index is 1290. The highest BCUT2D eigenvalue weighted by Crippen LogP contribution is 2.37. The third-order valence-electron chi connectivity index (χ3n) is 5.17. The quantitative estimate of drug-likeness (QED) is 0.405. The molecule has 3 aromatic carbocycles. The molecule has 0 bridgehead atoms. The molecule has 0 fully saturated rings. The molecule has 0 N–H and O–H groups in total. The molecule has 158 valence electrons. The molecule has 0 unspecified atom stereocenters. The van der Waals surface area contributed by atoms with E-state index in [0.29, 0.717) is 33.8 Å². The second kappa shape index (κ2) is 8.56. The Morgan fingerprint density at radius 3 is 2.32 bits per heavy atom. The minimum Gasteiger partial charge on any atom is -0.493 e. The van der Waals surface area contributed by atoms with E-state index in [0.717, 1.165) is 16.7 Å². The summed E-state index contributed by atoms with van der Waals surface area (Å²) in [7, 11) is 3.14. The molecule has 4 rings (SSSR count). The molecule has 0 aliphatic carbocycles. The van der Waals surface area contributed by atoms with Crippen LogP contribution in [0.5, 0.6) is 17.2 Å². The SMILES string of the molecule is COc1ccc(-c2oc3cc(C)cc(C)c3c(=O)c2OCc2ccccc2)cc1OC. The van der Waals surface area contributed by atoms with Crippen LogP contribution in [0.2, 0.25) is 0 Å². The van der Waals surface area contributed by atoms with Crippen molar-refractivity contribution in [3.05, 3.63) is 87.6 Å². The Balaban J connectivity index is 1.92. The van der Waals surface area contributed by atoms with Crippen LogP contribution < -0.4 is 19.6 Å². The molecule has 4 aromatic rings. The Morgan fingerprint density at radius 2 is 1.61 bits per heavy atom. The fourth-order valence-corrected chi connectivity index (χ4v) is 3.70. The number of ether oxygens (including phenoxy) is 3. The van der Waals surface area contributed by atoms with Gasteiger partial charge >= 0.3 is 0 Å². The van der Waals surface area contributed by atoms with Crippen LogP contribution in [0.25, 0.3) is 22.3 Å². The third kappa shape index (κ3) is 3.99. The number of aryl methyl sites for hydroxylation is 2. The summed E-state index contributed by atoms with van der Waals surface area (Å²) in [5.41, 5.74) is 3.83. The Hall–Kier alpha value is -3.73. The lowest BCUT2D eigenvalue weighted by Gasteiger charge is -2.14. The van der Waals surface area contributed by atoms with Crippen molar-refractivity contribution in [2.24, 2.45) is 0 Å². The van der Waals surface area contributed by atoms with Crippen molar-refractivity contribution in [3.8, 4) is 28.6 Å². The molecule has 5 nitrogen and oxygen atoms in total. The average Bonchev–Trinajstić information content (AvgIpc) is 2.78. The van der Waals surface area contributed by atoms with Crippen molar-refractivity contribution < 1.29 is 18.6 Å². The molecule has 0 saturated carbocycles. The van der Waals surface area contributed by atoms with Gasteiger partial charge in [0.15, 0.2) is 17.3 Å². The maximum atomic E-state index is 13.5. The highest BCUT2D eigenvalue weighted by Gasteiger charge is 2.21. The summed E-state index contributed by atoms with van der Waals surface area (Å²) in [5, 5.41) is 0.526. The van der Waals surface area contributed by atoms with Gasteiger partial charge in [0.25, 0.3) is 0 Å². The maximum absolute atomic E-state index is 13.5. The van der Waals surface area contributed by atoms with E-state index in [1.807, 2.05) is 62.4 Å². The molecule has 0 aliphatic rings. The normalized spacial score (nSPS) is 10.8. The molecule has 0 aliphatic heterocycles. The van der Waals surface area contributed by atoms with E-state index in [4.69, 9.17) is 18.6 Å². The first kappa shape index (κ1) is 20.5. The van der Waals surface area contributed by atoms with Gasteiger partial charge < -0.3 is 18.6 Å². The summed E-state index contributed by atoms with van der Waals surface area (Å²) < 4.78 is 23.1. The summed E-state index contributed by atoms with van der Waals surface area (Å²) in [6, 6.07) is 18.9. The van der Waals surface area contributed by atoms with Crippen LogP contribution in [0.15, 0.2) is 69.9 Å². The number of rotatable bonds is 6. The van der Waals surface area contributed by atoms with Crippen LogP contribution in [0.3, 0.4) is 0 Å². The van der Waals surface area contributed by atoms with Gasteiger partial charge in [0.1, 0.15) is 12.2 Å². The van der Waals surface area contributed by atoms with E-state index in [9.17, 15) is 4.79 Å². The lowest BCUT2D eigenvalue weighted by atomic mass is 10.0. The van der Waals surface area contributed by atoms with Crippen molar-refractivity contribution in [1.29, 1.82) is 0 Å². The standard InChI is InChI=1S/C26H24O5/c1-16-12-17(2)23-22(13-16)31-25(19-10-11-20(28-3)21(14-19)29-4)26(24(23)27)30-15-18-8-6-5-7-9-18/h5-14H,15H2,1-4H3. The number of methoxy groups -OCH3 is 2. The lowest BCUT2D eigenvalue weighted by Crippen LogP contribution is -2.11. The molecule has 0 saturated heterocycles. The second-order valence-corrected chi connectivity index (χ2v) is 7.39. The topological polar surface area (TPSA) is 57.9 Å². The number of hydrogen-bond donors (Lipinski definition) is 0. The van der Waals surface area contributed by atoms with Crippen LogP contribution in [-0.4, -0.2) is 14.2 Å². The molecular weight excluding hydrogens is 392 g/mol. The van der Waals surface area contributed by atoms with E-state index < -0.39 is 0 Å². The van der Waals surface area contributed by atoms with Gasteiger partial charge in [-0.25, -0.2) is 0 Å². The first-order chi connectivity index (χ1) is 15.0. The van der Waals surface area contributed by atoms with Crippen LogP contribution in [0.1, 0.15) is 16.7 Å². The predicted octanol–water partition coefficient (Wildman–Crippen LogP) is 5.67.